The summed E-state index contributed by atoms with van der Waals surface area (Å²) in [6.07, 6.45) is 5.76. The molecule has 176 valence electrons. The maximum Gasteiger partial charge on any atom is 0.305 e. The normalized spacial score (nSPS) is 19.0. The molecule has 1 aliphatic heterocycles. The van der Waals surface area contributed by atoms with Gasteiger partial charge in [-0.2, -0.15) is 0 Å². The molecule has 0 spiro atoms. The second kappa shape index (κ2) is 8.75. The molecule has 1 amide bonds. The number of hydrogen-bond acceptors (Lipinski definition) is 8. The van der Waals surface area contributed by atoms with Crippen LogP contribution in [0.15, 0.2) is 29.3 Å². The van der Waals surface area contributed by atoms with Crippen LogP contribution in [0, 0.1) is 11.8 Å². The maximum absolute atomic E-state index is 13.2. The van der Waals surface area contributed by atoms with Gasteiger partial charge in [-0.05, 0) is 61.8 Å². The van der Waals surface area contributed by atoms with Crippen LogP contribution in [-0.2, 0) is 17.6 Å². The number of anilines is 2. The molecule has 2 aliphatic rings. The fourth-order valence-corrected chi connectivity index (χ4v) is 7.21. The van der Waals surface area contributed by atoms with E-state index >= 15 is 0 Å². The van der Waals surface area contributed by atoms with Gasteiger partial charge in [0.15, 0.2) is 0 Å². The van der Waals surface area contributed by atoms with E-state index in [0.29, 0.717) is 5.92 Å². The minimum absolute atomic E-state index is 0.00869. The molecule has 1 fully saturated rings. The van der Waals surface area contributed by atoms with Gasteiger partial charge in [-0.15, -0.1) is 11.3 Å². The summed E-state index contributed by atoms with van der Waals surface area (Å²) in [5, 5.41) is 13.8. The van der Waals surface area contributed by atoms with Gasteiger partial charge in [0.25, 0.3) is 0 Å². The molecule has 0 saturated carbocycles. The van der Waals surface area contributed by atoms with Crippen molar-refractivity contribution in [3.05, 3.63) is 44.6 Å². The van der Waals surface area contributed by atoms with Crippen molar-refractivity contribution in [1.29, 1.82) is 0 Å². The first-order valence-corrected chi connectivity index (χ1v) is 13.3. The Labute approximate surface area is 203 Å². The van der Waals surface area contributed by atoms with Crippen molar-refractivity contribution in [2.45, 2.75) is 32.1 Å². The fraction of sp³-hybridized carbons (Fsp3) is 0.417. The number of amides is 1. The molecular weight excluding hydrogens is 470 g/mol. The summed E-state index contributed by atoms with van der Waals surface area (Å²) in [6.45, 7) is 1.71. The van der Waals surface area contributed by atoms with Crippen molar-refractivity contribution in [1.82, 2.24) is 19.9 Å². The number of aromatic amines is 1. The number of likely N-dealkylation sites (tertiary alicyclic amines) is 1. The van der Waals surface area contributed by atoms with Crippen LogP contribution in [0.2, 0.25) is 0 Å². The van der Waals surface area contributed by atoms with Gasteiger partial charge in [0, 0.05) is 36.2 Å². The molecule has 0 radical (unpaired) electrons. The molecule has 10 heteroatoms. The van der Waals surface area contributed by atoms with Gasteiger partial charge in [0.2, 0.25) is 5.91 Å². The van der Waals surface area contributed by atoms with Crippen LogP contribution in [0.3, 0.4) is 0 Å². The SMILES string of the molecule is O=C([C@@H]1CCc2c(sc3ncnc(Nc4ccc5[nH]c(=O)sc5c4)c23)C1)N1CCC(CO)CC1. The third kappa shape index (κ3) is 3.89. The number of carbonyl (C=O) groups excluding carboxylic acids is 1. The summed E-state index contributed by atoms with van der Waals surface area (Å²) < 4.78 is 0.900. The second-order valence-corrected chi connectivity index (χ2v) is 11.2. The summed E-state index contributed by atoms with van der Waals surface area (Å²) in [4.78, 5) is 40.8. The van der Waals surface area contributed by atoms with Crippen molar-refractivity contribution in [3.8, 4) is 0 Å². The van der Waals surface area contributed by atoms with Crippen molar-refractivity contribution >= 4 is 60.5 Å². The zero-order valence-electron chi connectivity index (χ0n) is 18.5. The van der Waals surface area contributed by atoms with Gasteiger partial charge in [-0.3, -0.25) is 9.59 Å². The number of aliphatic hydroxyl groups excluding tert-OH is 1. The third-order valence-electron chi connectivity index (χ3n) is 7.06. The number of thiazole rings is 1. The predicted molar refractivity (Wildman–Crippen MR) is 135 cm³/mol. The van der Waals surface area contributed by atoms with Crippen LogP contribution >= 0.6 is 22.7 Å². The van der Waals surface area contributed by atoms with Crippen molar-refractivity contribution in [2.24, 2.45) is 11.8 Å². The van der Waals surface area contributed by atoms with Gasteiger partial charge >= 0.3 is 4.87 Å². The highest BCUT2D eigenvalue weighted by Crippen LogP contribution is 2.41. The highest BCUT2D eigenvalue weighted by molar-refractivity contribution is 7.19. The Balaban J connectivity index is 1.25. The second-order valence-electron chi connectivity index (χ2n) is 9.15. The fourth-order valence-electron chi connectivity index (χ4n) is 5.17. The molecule has 0 bridgehead atoms. The number of H-pyrrole nitrogens is 1. The Hall–Kier alpha value is -2.82. The molecule has 0 unspecified atom stereocenters. The molecule has 4 aromatic rings. The number of hydrogen-bond donors (Lipinski definition) is 3. The molecule has 6 rings (SSSR count). The molecule has 1 saturated heterocycles. The van der Waals surface area contributed by atoms with E-state index in [9.17, 15) is 14.7 Å². The van der Waals surface area contributed by atoms with Gasteiger partial charge in [-0.25, -0.2) is 9.97 Å². The van der Waals surface area contributed by atoms with Gasteiger partial charge < -0.3 is 20.3 Å². The number of nitrogens with one attached hydrogen (secondary N) is 2. The lowest BCUT2D eigenvalue weighted by Crippen LogP contribution is -2.43. The highest BCUT2D eigenvalue weighted by atomic mass is 32.1. The summed E-state index contributed by atoms with van der Waals surface area (Å²) >= 11 is 2.85. The summed E-state index contributed by atoms with van der Waals surface area (Å²) in [5.74, 6) is 1.35. The average Bonchev–Trinajstić information content (AvgIpc) is 3.42. The molecule has 1 aromatic carbocycles. The average molecular weight is 496 g/mol. The smallest absolute Gasteiger partial charge is 0.305 e. The molecule has 4 heterocycles. The zero-order valence-corrected chi connectivity index (χ0v) is 20.2. The van der Waals surface area contributed by atoms with Crippen LogP contribution in [0.4, 0.5) is 11.5 Å². The molecule has 3 N–H and O–H groups in total. The molecular formula is C24H25N5O3S2. The van der Waals surface area contributed by atoms with E-state index in [4.69, 9.17) is 0 Å². The van der Waals surface area contributed by atoms with Gasteiger partial charge in [0.1, 0.15) is 17.0 Å². The number of fused-ring (bicyclic) bond motifs is 4. The lowest BCUT2D eigenvalue weighted by molar-refractivity contribution is -0.137. The van der Waals surface area contributed by atoms with Crippen molar-refractivity contribution in [3.63, 3.8) is 0 Å². The number of carbonyl (C=O) groups is 1. The van der Waals surface area contributed by atoms with E-state index in [0.717, 1.165) is 77.1 Å². The molecule has 1 atom stereocenters. The van der Waals surface area contributed by atoms with Crippen LogP contribution in [0.25, 0.3) is 20.4 Å². The minimum atomic E-state index is -0.0645. The minimum Gasteiger partial charge on any atom is -0.396 e. The summed E-state index contributed by atoms with van der Waals surface area (Å²) in [6, 6.07) is 5.79. The number of piperidine rings is 1. The van der Waals surface area contributed by atoms with Crippen LogP contribution in [0.1, 0.15) is 29.7 Å². The van der Waals surface area contributed by atoms with Crippen molar-refractivity contribution in [2.75, 3.05) is 25.0 Å². The molecule has 8 nitrogen and oxygen atoms in total. The number of aryl methyl sites for hydroxylation is 1. The monoisotopic (exact) mass is 495 g/mol. The highest BCUT2D eigenvalue weighted by Gasteiger charge is 2.33. The van der Waals surface area contributed by atoms with E-state index in [1.54, 1.807) is 17.7 Å². The first kappa shape index (κ1) is 21.7. The first-order valence-electron chi connectivity index (χ1n) is 11.6. The largest absolute Gasteiger partial charge is 0.396 e. The van der Waals surface area contributed by atoms with E-state index < -0.39 is 0 Å². The van der Waals surface area contributed by atoms with Crippen LogP contribution in [0.5, 0.6) is 0 Å². The first-order chi connectivity index (χ1) is 16.6. The van der Waals surface area contributed by atoms with Crippen LogP contribution in [-0.4, -0.2) is 50.6 Å². The van der Waals surface area contributed by atoms with E-state index in [2.05, 4.69) is 20.3 Å². The Morgan fingerprint density at radius 3 is 2.88 bits per heavy atom. The molecule has 1 aliphatic carbocycles. The number of nitrogens with zero attached hydrogens (tertiary/aromatic N) is 3. The summed E-state index contributed by atoms with van der Waals surface area (Å²) in [7, 11) is 0. The van der Waals surface area contributed by atoms with Crippen molar-refractivity contribution < 1.29 is 9.90 Å². The van der Waals surface area contributed by atoms with E-state index in [-0.39, 0.29) is 23.3 Å². The third-order valence-corrected chi connectivity index (χ3v) is 9.07. The van der Waals surface area contributed by atoms with Gasteiger partial charge in [0.05, 0.1) is 15.6 Å². The Morgan fingerprint density at radius 2 is 2.06 bits per heavy atom. The quantitative estimate of drug-likeness (QED) is 0.398. The van der Waals surface area contributed by atoms with E-state index in [1.165, 1.54) is 21.8 Å². The number of aromatic nitrogens is 3. The van der Waals surface area contributed by atoms with Gasteiger partial charge in [-0.1, -0.05) is 11.3 Å². The maximum atomic E-state index is 13.2. The predicted octanol–water partition coefficient (Wildman–Crippen LogP) is 3.67. The summed E-state index contributed by atoms with van der Waals surface area (Å²) in [5.41, 5.74) is 2.95. The lowest BCUT2D eigenvalue weighted by atomic mass is 9.86. The molecule has 3 aromatic heterocycles. The standard InChI is InChI=1S/C24H25N5O3S2/c30-11-13-5-7-29(8-6-13)23(31)14-1-3-16-18(9-14)33-22-20(16)21(25-12-26-22)27-15-2-4-17-19(10-15)34-24(32)28-17/h2,4,10,12-14,30H,1,3,5-9,11H2,(H,28,32)(H,25,26,27)/t14-/m1/s1. The van der Waals surface area contributed by atoms with E-state index in [1.807, 2.05) is 23.1 Å². The Bertz CT molecular complexity index is 1430. The number of rotatable bonds is 4. The Morgan fingerprint density at radius 1 is 1.21 bits per heavy atom. The topological polar surface area (TPSA) is 111 Å². The number of benzene rings is 1. The zero-order chi connectivity index (χ0) is 23.2. The van der Waals surface area contributed by atoms with Crippen LogP contribution < -0.4 is 10.2 Å². The number of thiophene rings is 1. The lowest BCUT2D eigenvalue weighted by Gasteiger charge is -2.34. The molecule has 34 heavy (non-hydrogen) atoms. The Kier molecular flexibility index (Phi) is 5.59. The number of aliphatic hydroxyl groups is 1.